The van der Waals surface area contributed by atoms with Gasteiger partial charge in [-0.2, -0.15) is 0 Å². The van der Waals surface area contributed by atoms with Gasteiger partial charge in [-0.25, -0.2) is 0 Å². The number of rotatable bonds is 6. The maximum Gasteiger partial charge on any atom is 0.573 e. The molecule has 19 heavy (non-hydrogen) atoms. The van der Waals surface area contributed by atoms with Gasteiger partial charge in [0.15, 0.2) is 11.5 Å². The molecule has 0 fully saturated rings. The maximum atomic E-state index is 12.2. The molecule has 0 amide bonds. The van der Waals surface area contributed by atoms with Crippen LogP contribution in [0.3, 0.4) is 0 Å². The largest absolute Gasteiger partial charge is 0.573 e. The third-order valence-corrected chi connectivity index (χ3v) is 2.14. The number of ether oxygens (including phenoxy) is 2. The zero-order valence-corrected chi connectivity index (χ0v) is 10.1. The third kappa shape index (κ3) is 5.23. The molecule has 0 aromatic heterocycles. The first-order valence-corrected chi connectivity index (χ1v) is 5.32. The maximum absolute atomic E-state index is 12.2. The Kier molecular flexibility index (Phi) is 5.25. The molecule has 1 rings (SSSR count). The van der Waals surface area contributed by atoms with Gasteiger partial charge >= 0.3 is 6.36 Å². The standard InChI is InChI=1S/C11H14F3NO4/c1-18-9-3-2-7(15-5-8(17)6-16)4-10(9)19-11(12,13)14/h2-4,8,15-17H,5-6H2,1H3. The molecular weight excluding hydrogens is 267 g/mol. The monoisotopic (exact) mass is 281 g/mol. The van der Waals surface area contributed by atoms with Crippen LogP contribution in [0.25, 0.3) is 0 Å². The summed E-state index contributed by atoms with van der Waals surface area (Å²) in [4.78, 5) is 0. The number of hydrogen-bond donors (Lipinski definition) is 3. The minimum absolute atomic E-state index is 0.00567. The van der Waals surface area contributed by atoms with E-state index < -0.39 is 24.8 Å². The highest BCUT2D eigenvalue weighted by Gasteiger charge is 2.32. The molecule has 0 saturated carbocycles. The Hall–Kier alpha value is -1.67. The highest BCUT2D eigenvalue weighted by Crippen LogP contribution is 2.34. The number of aliphatic hydroxyl groups is 2. The summed E-state index contributed by atoms with van der Waals surface area (Å²) in [5.74, 6) is -0.552. The van der Waals surface area contributed by atoms with E-state index in [1.165, 1.54) is 19.2 Å². The summed E-state index contributed by atoms with van der Waals surface area (Å²) >= 11 is 0. The van der Waals surface area contributed by atoms with E-state index in [4.69, 9.17) is 14.9 Å². The number of benzene rings is 1. The van der Waals surface area contributed by atoms with Gasteiger partial charge in [0.1, 0.15) is 0 Å². The van der Waals surface area contributed by atoms with Gasteiger partial charge in [-0.15, -0.1) is 13.2 Å². The second kappa shape index (κ2) is 6.48. The molecule has 1 aromatic rings. The van der Waals surface area contributed by atoms with Gasteiger partial charge < -0.3 is 25.0 Å². The molecule has 1 atom stereocenters. The Labute approximate surface area is 107 Å². The molecule has 0 aliphatic carbocycles. The van der Waals surface area contributed by atoms with Gasteiger partial charge in [0.2, 0.25) is 0 Å². The molecule has 1 aromatic carbocycles. The number of anilines is 1. The predicted molar refractivity (Wildman–Crippen MR) is 61.3 cm³/mol. The smallest absolute Gasteiger partial charge is 0.493 e. The van der Waals surface area contributed by atoms with Crippen LogP contribution in [0.1, 0.15) is 0 Å². The van der Waals surface area contributed by atoms with Crippen molar-refractivity contribution in [1.29, 1.82) is 0 Å². The van der Waals surface area contributed by atoms with Crippen LogP contribution in [0, 0.1) is 0 Å². The summed E-state index contributed by atoms with van der Waals surface area (Å²) in [6.07, 6.45) is -5.83. The first kappa shape index (κ1) is 15.4. The van der Waals surface area contributed by atoms with Crippen LogP contribution in [0.5, 0.6) is 11.5 Å². The highest BCUT2D eigenvalue weighted by molar-refractivity contribution is 5.54. The summed E-state index contributed by atoms with van der Waals surface area (Å²) in [5.41, 5.74) is 0.299. The Balaban J connectivity index is 2.82. The predicted octanol–water partition coefficient (Wildman–Crippen LogP) is 1.36. The number of aliphatic hydroxyl groups excluding tert-OH is 2. The van der Waals surface area contributed by atoms with Crippen LogP contribution in [0.4, 0.5) is 18.9 Å². The second-order valence-corrected chi connectivity index (χ2v) is 3.63. The van der Waals surface area contributed by atoms with Crippen molar-refractivity contribution in [2.45, 2.75) is 12.5 Å². The van der Waals surface area contributed by atoms with E-state index in [1.807, 2.05) is 0 Å². The zero-order valence-electron chi connectivity index (χ0n) is 10.1. The van der Waals surface area contributed by atoms with Crippen molar-refractivity contribution in [2.24, 2.45) is 0 Å². The summed E-state index contributed by atoms with van der Waals surface area (Å²) in [5, 5.41) is 20.4. The van der Waals surface area contributed by atoms with Crippen molar-refractivity contribution < 1.29 is 32.9 Å². The lowest BCUT2D eigenvalue weighted by Crippen LogP contribution is -2.23. The van der Waals surface area contributed by atoms with Gasteiger partial charge in [-0.05, 0) is 12.1 Å². The summed E-state index contributed by atoms with van der Waals surface area (Å²) < 4.78 is 45.1. The Bertz CT molecular complexity index is 411. The van der Waals surface area contributed by atoms with Crippen LogP contribution in [-0.2, 0) is 0 Å². The number of nitrogens with one attached hydrogen (secondary N) is 1. The normalized spacial score (nSPS) is 12.9. The molecule has 8 heteroatoms. The van der Waals surface area contributed by atoms with E-state index >= 15 is 0 Å². The molecule has 0 aliphatic rings. The van der Waals surface area contributed by atoms with E-state index in [1.54, 1.807) is 0 Å². The van der Waals surface area contributed by atoms with Crippen LogP contribution in [0.15, 0.2) is 18.2 Å². The van der Waals surface area contributed by atoms with E-state index in [9.17, 15) is 13.2 Å². The number of alkyl halides is 3. The quantitative estimate of drug-likeness (QED) is 0.734. The van der Waals surface area contributed by atoms with E-state index in [0.717, 1.165) is 6.07 Å². The fraction of sp³-hybridized carbons (Fsp3) is 0.455. The molecule has 3 N–H and O–H groups in total. The molecule has 0 radical (unpaired) electrons. The van der Waals surface area contributed by atoms with Gasteiger partial charge in [0, 0.05) is 18.3 Å². The highest BCUT2D eigenvalue weighted by atomic mass is 19.4. The zero-order chi connectivity index (χ0) is 14.5. The summed E-state index contributed by atoms with van der Waals surface area (Å²) in [6, 6.07) is 3.86. The molecule has 0 aliphatic heterocycles. The third-order valence-electron chi connectivity index (χ3n) is 2.14. The van der Waals surface area contributed by atoms with Crippen molar-refractivity contribution >= 4 is 5.69 Å². The SMILES string of the molecule is COc1ccc(NCC(O)CO)cc1OC(F)(F)F. The molecular formula is C11H14F3NO4. The minimum Gasteiger partial charge on any atom is -0.493 e. The lowest BCUT2D eigenvalue weighted by atomic mass is 10.2. The molecule has 1 unspecified atom stereocenters. The fourth-order valence-electron chi connectivity index (χ4n) is 1.29. The Morgan fingerprint density at radius 3 is 2.53 bits per heavy atom. The first-order chi connectivity index (χ1) is 8.85. The lowest BCUT2D eigenvalue weighted by Gasteiger charge is -2.15. The number of hydrogen-bond acceptors (Lipinski definition) is 5. The molecule has 108 valence electrons. The van der Waals surface area contributed by atoms with Gasteiger partial charge in [-0.3, -0.25) is 0 Å². The Morgan fingerprint density at radius 1 is 1.32 bits per heavy atom. The number of halogens is 3. The van der Waals surface area contributed by atoms with E-state index in [-0.39, 0.29) is 12.3 Å². The van der Waals surface area contributed by atoms with Crippen molar-refractivity contribution in [3.63, 3.8) is 0 Å². The molecule has 5 nitrogen and oxygen atoms in total. The van der Waals surface area contributed by atoms with Crippen molar-refractivity contribution in [3.8, 4) is 11.5 Å². The van der Waals surface area contributed by atoms with Gasteiger partial charge in [0.05, 0.1) is 19.8 Å². The minimum atomic E-state index is -4.82. The average Bonchev–Trinajstić information content (AvgIpc) is 2.34. The van der Waals surface area contributed by atoms with Crippen LogP contribution in [-0.4, -0.2) is 42.9 Å². The number of methoxy groups -OCH3 is 1. The first-order valence-electron chi connectivity index (χ1n) is 5.32. The molecule has 0 bridgehead atoms. The van der Waals surface area contributed by atoms with Crippen molar-refractivity contribution in [2.75, 3.05) is 25.6 Å². The molecule has 0 saturated heterocycles. The van der Waals surface area contributed by atoms with Crippen LogP contribution in [0.2, 0.25) is 0 Å². The summed E-state index contributed by atoms with van der Waals surface area (Å²) in [6.45, 7) is -0.455. The average molecular weight is 281 g/mol. The Morgan fingerprint density at radius 2 is 2.00 bits per heavy atom. The van der Waals surface area contributed by atoms with Crippen LogP contribution >= 0.6 is 0 Å². The van der Waals surface area contributed by atoms with E-state index in [0.29, 0.717) is 5.69 Å². The summed E-state index contributed by atoms with van der Waals surface area (Å²) in [7, 11) is 1.22. The van der Waals surface area contributed by atoms with Crippen molar-refractivity contribution in [3.05, 3.63) is 18.2 Å². The molecule has 0 spiro atoms. The van der Waals surface area contributed by atoms with Crippen LogP contribution < -0.4 is 14.8 Å². The van der Waals surface area contributed by atoms with Crippen molar-refractivity contribution in [1.82, 2.24) is 0 Å². The second-order valence-electron chi connectivity index (χ2n) is 3.63. The lowest BCUT2D eigenvalue weighted by molar-refractivity contribution is -0.275. The molecule has 0 heterocycles. The van der Waals surface area contributed by atoms with Gasteiger partial charge in [-0.1, -0.05) is 0 Å². The van der Waals surface area contributed by atoms with Gasteiger partial charge in [0.25, 0.3) is 0 Å². The fourth-order valence-corrected chi connectivity index (χ4v) is 1.29. The topological polar surface area (TPSA) is 71.0 Å². The van der Waals surface area contributed by atoms with E-state index in [2.05, 4.69) is 10.1 Å².